The molecule has 0 radical (unpaired) electrons. The maximum Gasteiger partial charge on any atom is 0.140 e. The average molecular weight is 222 g/mol. The third-order valence-corrected chi connectivity index (χ3v) is 5.09. The van der Waals surface area contributed by atoms with Crippen LogP contribution in [0.1, 0.15) is 48.8 Å². The Hall–Kier alpha value is -0.630. The van der Waals surface area contributed by atoms with E-state index in [-0.39, 0.29) is 5.41 Å². The monoisotopic (exact) mass is 222 g/mol. The molecule has 1 unspecified atom stereocenters. The predicted molar refractivity (Wildman–Crippen MR) is 64.4 cm³/mol. The van der Waals surface area contributed by atoms with Crippen molar-refractivity contribution in [3.05, 3.63) is 21.9 Å². The Balaban J connectivity index is 2.28. The van der Waals surface area contributed by atoms with E-state index in [2.05, 4.69) is 32.9 Å². The summed E-state index contributed by atoms with van der Waals surface area (Å²) >= 11 is 1.85. The van der Waals surface area contributed by atoms with Crippen LogP contribution in [0, 0.1) is 12.3 Å². The number of hydrogen-bond acceptors (Lipinski definition) is 2. The summed E-state index contributed by atoms with van der Waals surface area (Å²) in [5, 5.41) is 0. The molecule has 1 aromatic heterocycles. The van der Waals surface area contributed by atoms with Gasteiger partial charge in [-0.15, -0.1) is 11.3 Å². The molecule has 1 saturated carbocycles. The molecule has 2 rings (SSSR count). The van der Waals surface area contributed by atoms with Gasteiger partial charge in [0.1, 0.15) is 5.78 Å². The minimum Gasteiger partial charge on any atom is -0.299 e. The van der Waals surface area contributed by atoms with Crippen LogP contribution in [-0.2, 0) is 4.79 Å². The van der Waals surface area contributed by atoms with E-state index in [9.17, 15) is 4.79 Å². The molecule has 0 saturated heterocycles. The maximum atomic E-state index is 11.8. The van der Waals surface area contributed by atoms with Gasteiger partial charge in [0.25, 0.3) is 0 Å². The molecule has 1 heterocycles. The van der Waals surface area contributed by atoms with Crippen LogP contribution in [0.25, 0.3) is 0 Å². The molecule has 0 spiro atoms. The molecule has 1 nitrogen and oxygen atoms in total. The second-order valence-corrected chi connectivity index (χ2v) is 5.81. The van der Waals surface area contributed by atoms with E-state index in [1.54, 1.807) is 0 Å². The van der Waals surface area contributed by atoms with Crippen LogP contribution in [0.4, 0.5) is 0 Å². The van der Waals surface area contributed by atoms with Crippen molar-refractivity contribution in [1.82, 2.24) is 0 Å². The SMILES string of the molecule is CCC1(CC)C(=O)CC1c1ccc(C)s1. The Morgan fingerprint density at radius 2 is 2.07 bits per heavy atom. The highest BCUT2D eigenvalue weighted by molar-refractivity contribution is 7.12. The van der Waals surface area contributed by atoms with Gasteiger partial charge in [-0.05, 0) is 31.9 Å². The summed E-state index contributed by atoms with van der Waals surface area (Å²) in [4.78, 5) is 14.6. The van der Waals surface area contributed by atoms with Crippen LogP contribution < -0.4 is 0 Å². The number of rotatable bonds is 3. The lowest BCUT2D eigenvalue weighted by Gasteiger charge is -2.46. The third-order valence-electron chi connectivity index (χ3n) is 3.98. The van der Waals surface area contributed by atoms with Gasteiger partial charge >= 0.3 is 0 Å². The van der Waals surface area contributed by atoms with Gasteiger partial charge in [0.2, 0.25) is 0 Å². The first-order chi connectivity index (χ1) is 7.14. The second kappa shape index (κ2) is 3.75. The lowest BCUT2D eigenvalue weighted by Crippen LogP contribution is -2.47. The lowest BCUT2D eigenvalue weighted by molar-refractivity contribution is -0.141. The average Bonchev–Trinajstić information content (AvgIpc) is 2.63. The van der Waals surface area contributed by atoms with Crippen LogP contribution in [0.3, 0.4) is 0 Å². The molecule has 0 N–H and O–H groups in total. The van der Waals surface area contributed by atoms with Gasteiger partial charge in [-0.25, -0.2) is 0 Å². The summed E-state index contributed by atoms with van der Waals surface area (Å²) in [5.74, 6) is 0.974. The van der Waals surface area contributed by atoms with E-state index in [0.29, 0.717) is 11.7 Å². The zero-order valence-corrected chi connectivity index (χ0v) is 10.5. The largest absolute Gasteiger partial charge is 0.299 e. The molecule has 0 aliphatic heterocycles. The highest BCUT2D eigenvalue weighted by atomic mass is 32.1. The second-order valence-electron chi connectivity index (χ2n) is 4.49. The summed E-state index contributed by atoms with van der Waals surface area (Å²) < 4.78 is 0. The Kier molecular flexibility index (Phi) is 2.72. The third kappa shape index (κ3) is 1.46. The van der Waals surface area contributed by atoms with Gasteiger partial charge in [0, 0.05) is 27.5 Å². The first kappa shape index (κ1) is 10.9. The van der Waals surface area contributed by atoms with E-state index in [4.69, 9.17) is 0 Å². The summed E-state index contributed by atoms with van der Waals surface area (Å²) in [6.07, 6.45) is 2.75. The van der Waals surface area contributed by atoms with Crippen molar-refractivity contribution < 1.29 is 4.79 Å². The van der Waals surface area contributed by atoms with Crippen LogP contribution in [0.5, 0.6) is 0 Å². The van der Waals surface area contributed by atoms with Crippen LogP contribution >= 0.6 is 11.3 Å². The Bertz CT molecular complexity index is 374. The molecule has 2 heteroatoms. The molecule has 0 amide bonds. The number of thiophene rings is 1. The first-order valence-electron chi connectivity index (χ1n) is 5.73. The van der Waals surface area contributed by atoms with Crippen molar-refractivity contribution in [3.63, 3.8) is 0 Å². The molecule has 15 heavy (non-hydrogen) atoms. The topological polar surface area (TPSA) is 17.1 Å². The quantitative estimate of drug-likeness (QED) is 0.757. The Labute approximate surface area is 95.5 Å². The van der Waals surface area contributed by atoms with Crippen molar-refractivity contribution >= 4 is 17.1 Å². The van der Waals surface area contributed by atoms with Gasteiger partial charge in [0.05, 0.1) is 0 Å². The number of carbonyl (C=O) groups excluding carboxylic acids is 1. The maximum absolute atomic E-state index is 11.8. The fourth-order valence-corrected chi connectivity index (χ4v) is 3.89. The molecular formula is C13H18OS. The molecule has 1 aliphatic carbocycles. The molecule has 82 valence electrons. The highest BCUT2D eigenvalue weighted by Gasteiger charge is 2.52. The fraction of sp³-hybridized carbons (Fsp3) is 0.615. The smallest absolute Gasteiger partial charge is 0.140 e. The highest BCUT2D eigenvalue weighted by Crippen LogP contribution is 2.55. The summed E-state index contributed by atoms with van der Waals surface area (Å²) in [6, 6.07) is 4.37. The molecule has 1 aliphatic rings. The fourth-order valence-electron chi connectivity index (χ4n) is 2.80. The summed E-state index contributed by atoms with van der Waals surface area (Å²) in [6.45, 7) is 6.43. The number of ketones is 1. The molecule has 1 aromatic rings. The zero-order chi connectivity index (χ0) is 11.1. The van der Waals surface area contributed by atoms with Gasteiger partial charge < -0.3 is 0 Å². The van der Waals surface area contributed by atoms with Crippen molar-refractivity contribution in [2.24, 2.45) is 5.41 Å². The van der Waals surface area contributed by atoms with E-state index in [0.717, 1.165) is 19.3 Å². The van der Waals surface area contributed by atoms with Crippen molar-refractivity contribution in [3.8, 4) is 0 Å². The molecule has 0 bridgehead atoms. The van der Waals surface area contributed by atoms with E-state index in [1.807, 2.05) is 11.3 Å². The van der Waals surface area contributed by atoms with Crippen LogP contribution in [-0.4, -0.2) is 5.78 Å². The summed E-state index contributed by atoms with van der Waals surface area (Å²) in [5.41, 5.74) is -0.0305. The van der Waals surface area contributed by atoms with E-state index in [1.165, 1.54) is 9.75 Å². The number of Topliss-reactive ketones (excluding diaryl/α,β-unsaturated/α-hetero) is 1. The van der Waals surface area contributed by atoms with E-state index >= 15 is 0 Å². The minimum absolute atomic E-state index is 0.0305. The van der Waals surface area contributed by atoms with Crippen LogP contribution in [0.2, 0.25) is 0 Å². The number of aryl methyl sites for hydroxylation is 1. The Morgan fingerprint density at radius 1 is 1.40 bits per heavy atom. The predicted octanol–water partition coefficient (Wildman–Crippen LogP) is 3.92. The summed E-state index contributed by atoms with van der Waals surface area (Å²) in [7, 11) is 0. The van der Waals surface area contributed by atoms with Crippen molar-refractivity contribution in [2.75, 3.05) is 0 Å². The van der Waals surface area contributed by atoms with E-state index < -0.39 is 0 Å². The van der Waals surface area contributed by atoms with Gasteiger partial charge in [-0.3, -0.25) is 4.79 Å². The zero-order valence-electron chi connectivity index (χ0n) is 9.67. The van der Waals surface area contributed by atoms with Gasteiger partial charge in [-0.1, -0.05) is 13.8 Å². The molecular weight excluding hydrogens is 204 g/mol. The number of hydrogen-bond donors (Lipinski definition) is 0. The van der Waals surface area contributed by atoms with Crippen molar-refractivity contribution in [1.29, 1.82) is 0 Å². The van der Waals surface area contributed by atoms with Gasteiger partial charge in [-0.2, -0.15) is 0 Å². The normalized spacial score (nSPS) is 23.9. The lowest BCUT2D eigenvalue weighted by atomic mass is 9.56. The first-order valence-corrected chi connectivity index (χ1v) is 6.55. The standard InChI is InChI=1S/C13H18OS/c1-4-13(5-2)10(8-12(13)14)11-7-6-9(3)15-11/h6-7,10H,4-5,8H2,1-3H3. The number of carbonyl (C=O) groups is 1. The molecule has 1 atom stereocenters. The Morgan fingerprint density at radius 3 is 2.47 bits per heavy atom. The van der Waals surface area contributed by atoms with Gasteiger partial charge in [0.15, 0.2) is 0 Å². The minimum atomic E-state index is -0.0305. The molecule has 1 fully saturated rings. The van der Waals surface area contributed by atoms with Crippen LogP contribution in [0.15, 0.2) is 12.1 Å². The van der Waals surface area contributed by atoms with Crippen molar-refractivity contribution in [2.45, 2.75) is 46.0 Å². The molecule has 0 aromatic carbocycles.